The van der Waals surface area contributed by atoms with Gasteiger partial charge in [0.15, 0.2) is 0 Å². The van der Waals surface area contributed by atoms with Crippen LogP contribution in [0.25, 0.3) is 0 Å². The molecule has 0 aliphatic heterocycles. The average Bonchev–Trinajstić information content (AvgIpc) is 2.54. The van der Waals surface area contributed by atoms with Gasteiger partial charge in [-0.25, -0.2) is 0 Å². The minimum Gasteiger partial charge on any atom is -0.496 e. The topological polar surface area (TPSA) is 79.4 Å². The van der Waals surface area contributed by atoms with E-state index >= 15 is 0 Å². The fraction of sp³-hybridized carbons (Fsp3) is 0.188. The number of nitro groups is 1. The zero-order chi connectivity index (χ0) is 17.0. The molecule has 0 aromatic heterocycles. The second kappa shape index (κ2) is 6.99. The molecule has 6 nitrogen and oxygen atoms in total. The Kier molecular flexibility index (Phi) is 5.04. The summed E-state index contributed by atoms with van der Waals surface area (Å²) in [6, 6.07) is 11.5. The predicted molar refractivity (Wildman–Crippen MR) is 87.9 cm³/mol. The van der Waals surface area contributed by atoms with Crippen LogP contribution >= 0.6 is 11.6 Å². The highest BCUT2D eigenvalue weighted by atomic mass is 35.5. The number of hydrogen-bond donors (Lipinski definition) is 0. The Morgan fingerprint density at radius 1 is 1.35 bits per heavy atom. The van der Waals surface area contributed by atoms with Crippen LogP contribution < -0.4 is 9.64 Å². The van der Waals surface area contributed by atoms with Gasteiger partial charge in [-0.2, -0.15) is 5.26 Å². The lowest BCUT2D eigenvalue weighted by Gasteiger charge is -2.21. The highest BCUT2D eigenvalue weighted by molar-refractivity contribution is 6.30. The predicted octanol–water partition coefficient (Wildman–Crippen LogP) is 3.76. The van der Waals surface area contributed by atoms with Gasteiger partial charge in [-0.3, -0.25) is 10.1 Å². The molecule has 0 aliphatic rings. The van der Waals surface area contributed by atoms with Crippen LogP contribution in [0.3, 0.4) is 0 Å². The number of nitro benzene ring substituents is 1. The molecule has 0 spiro atoms. The Bertz CT molecular complexity index is 787. The van der Waals surface area contributed by atoms with E-state index in [-0.39, 0.29) is 11.3 Å². The van der Waals surface area contributed by atoms with Gasteiger partial charge in [0.25, 0.3) is 5.69 Å². The van der Waals surface area contributed by atoms with E-state index in [9.17, 15) is 10.1 Å². The van der Waals surface area contributed by atoms with Crippen LogP contribution in [0.1, 0.15) is 11.1 Å². The molecule has 0 unspecified atom stereocenters. The molecule has 118 valence electrons. The lowest BCUT2D eigenvalue weighted by atomic mass is 10.1. The number of ether oxygens (including phenoxy) is 1. The summed E-state index contributed by atoms with van der Waals surface area (Å²) in [6.07, 6.45) is 0. The molecule has 0 bridgehead atoms. The van der Waals surface area contributed by atoms with Gasteiger partial charge in [-0.05, 0) is 30.3 Å². The molecule has 2 rings (SSSR count). The van der Waals surface area contributed by atoms with Crippen LogP contribution in [0.5, 0.6) is 5.75 Å². The van der Waals surface area contributed by atoms with Crippen LogP contribution in [-0.2, 0) is 6.54 Å². The Labute approximate surface area is 138 Å². The fourth-order valence-electron chi connectivity index (χ4n) is 2.27. The normalized spacial score (nSPS) is 10.0. The van der Waals surface area contributed by atoms with Gasteiger partial charge < -0.3 is 9.64 Å². The Morgan fingerprint density at radius 2 is 2.09 bits per heavy atom. The summed E-state index contributed by atoms with van der Waals surface area (Å²) in [5.74, 6) is 0.651. The van der Waals surface area contributed by atoms with Gasteiger partial charge >= 0.3 is 0 Å². The molecule has 0 heterocycles. The van der Waals surface area contributed by atoms with Crippen LogP contribution in [0.2, 0.25) is 5.02 Å². The summed E-state index contributed by atoms with van der Waals surface area (Å²) in [5.41, 5.74) is 1.35. The summed E-state index contributed by atoms with van der Waals surface area (Å²) in [5, 5.41) is 20.7. The maximum absolute atomic E-state index is 11.2. The molecule has 0 aliphatic carbocycles. The molecule has 0 radical (unpaired) electrons. The van der Waals surface area contributed by atoms with Crippen molar-refractivity contribution >= 4 is 23.0 Å². The first-order valence-corrected chi connectivity index (χ1v) is 7.06. The first-order chi connectivity index (χ1) is 11.0. The van der Waals surface area contributed by atoms with Crippen molar-refractivity contribution in [2.75, 3.05) is 19.1 Å². The minimum absolute atomic E-state index is 0.118. The van der Waals surface area contributed by atoms with E-state index in [1.807, 2.05) is 6.07 Å². The van der Waals surface area contributed by atoms with Crippen molar-refractivity contribution < 1.29 is 9.66 Å². The van der Waals surface area contributed by atoms with Gasteiger partial charge in [0.2, 0.25) is 0 Å². The first kappa shape index (κ1) is 16.6. The number of nitrogens with zero attached hydrogens (tertiary/aromatic N) is 3. The molecule has 0 N–H and O–H groups in total. The Hall–Kier alpha value is -2.78. The smallest absolute Gasteiger partial charge is 0.293 e. The van der Waals surface area contributed by atoms with Crippen molar-refractivity contribution in [2.24, 2.45) is 0 Å². The van der Waals surface area contributed by atoms with Crippen LogP contribution in [-0.4, -0.2) is 19.1 Å². The molecule has 2 aromatic carbocycles. The SMILES string of the molecule is COc1ccc(Cl)cc1CN(C)c1ccc(C#N)cc1[N+](=O)[O-]. The summed E-state index contributed by atoms with van der Waals surface area (Å²) in [7, 11) is 3.28. The van der Waals surface area contributed by atoms with Gasteiger partial charge in [-0.1, -0.05) is 11.6 Å². The van der Waals surface area contributed by atoms with Crippen molar-refractivity contribution in [3.05, 3.63) is 62.7 Å². The number of anilines is 1. The third-order valence-electron chi connectivity index (χ3n) is 3.36. The third kappa shape index (κ3) is 3.71. The molecule has 7 heteroatoms. The molecule has 0 atom stereocenters. The molecule has 0 saturated carbocycles. The Balaban J connectivity index is 2.38. The highest BCUT2D eigenvalue weighted by Crippen LogP contribution is 2.31. The summed E-state index contributed by atoms with van der Waals surface area (Å²) >= 11 is 6.01. The molecular weight excluding hydrogens is 318 g/mol. The molecule has 0 fully saturated rings. The second-order valence-electron chi connectivity index (χ2n) is 4.88. The van der Waals surface area contributed by atoms with Gasteiger partial charge in [0.05, 0.1) is 23.7 Å². The van der Waals surface area contributed by atoms with Crippen LogP contribution in [0.15, 0.2) is 36.4 Å². The van der Waals surface area contributed by atoms with Crippen molar-refractivity contribution in [1.29, 1.82) is 5.26 Å². The van der Waals surface area contributed by atoms with E-state index in [1.54, 1.807) is 49.4 Å². The first-order valence-electron chi connectivity index (χ1n) is 6.68. The lowest BCUT2D eigenvalue weighted by Crippen LogP contribution is -2.18. The number of nitriles is 1. The van der Waals surface area contributed by atoms with Crippen molar-refractivity contribution in [3.63, 3.8) is 0 Å². The maximum Gasteiger partial charge on any atom is 0.293 e. The molecule has 2 aromatic rings. The quantitative estimate of drug-likeness (QED) is 0.615. The number of rotatable bonds is 5. The second-order valence-corrected chi connectivity index (χ2v) is 5.32. The lowest BCUT2D eigenvalue weighted by molar-refractivity contribution is -0.384. The zero-order valence-corrected chi connectivity index (χ0v) is 13.4. The van der Waals surface area contributed by atoms with Crippen molar-refractivity contribution in [1.82, 2.24) is 0 Å². The monoisotopic (exact) mass is 331 g/mol. The number of methoxy groups -OCH3 is 1. The third-order valence-corrected chi connectivity index (χ3v) is 3.60. The standard InChI is InChI=1S/C16H14ClN3O3/c1-19(10-12-8-13(17)4-6-16(12)23-2)14-5-3-11(9-18)7-15(14)20(21)22/h3-8H,10H2,1-2H3. The Morgan fingerprint density at radius 3 is 2.70 bits per heavy atom. The summed E-state index contributed by atoms with van der Waals surface area (Å²) < 4.78 is 5.29. The van der Waals surface area contributed by atoms with Gasteiger partial charge in [0.1, 0.15) is 11.4 Å². The van der Waals surface area contributed by atoms with Crippen LogP contribution in [0, 0.1) is 21.4 Å². The number of halogens is 1. The van der Waals surface area contributed by atoms with Gasteiger partial charge in [-0.15, -0.1) is 0 Å². The van der Waals surface area contributed by atoms with E-state index in [4.69, 9.17) is 21.6 Å². The van der Waals surface area contributed by atoms with E-state index in [0.29, 0.717) is 23.0 Å². The number of hydrogen-bond acceptors (Lipinski definition) is 5. The highest BCUT2D eigenvalue weighted by Gasteiger charge is 2.19. The van der Waals surface area contributed by atoms with Crippen molar-refractivity contribution in [3.8, 4) is 11.8 Å². The van der Waals surface area contributed by atoms with E-state index < -0.39 is 4.92 Å². The molecule has 0 saturated heterocycles. The van der Waals surface area contributed by atoms with Crippen LogP contribution in [0.4, 0.5) is 11.4 Å². The number of benzene rings is 2. The summed E-state index contributed by atoms with van der Waals surface area (Å²) in [4.78, 5) is 12.5. The summed E-state index contributed by atoms with van der Waals surface area (Å²) in [6.45, 7) is 0.372. The average molecular weight is 332 g/mol. The van der Waals surface area contributed by atoms with E-state index in [1.165, 1.54) is 6.07 Å². The molecule has 23 heavy (non-hydrogen) atoms. The zero-order valence-electron chi connectivity index (χ0n) is 12.6. The fourth-order valence-corrected chi connectivity index (χ4v) is 2.47. The van der Waals surface area contributed by atoms with Crippen molar-refractivity contribution in [2.45, 2.75) is 6.54 Å². The molecule has 0 amide bonds. The minimum atomic E-state index is -0.498. The van der Waals surface area contributed by atoms with E-state index in [2.05, 4.69) is 0 Å². The van der Waals surface area contributed by atoms with Gasteiger partial charge in [0, 0.05) is 30.2 Å². The largest absolute Gasteiger partial charge is 0.496 e. The van der Waals surface area contributed by atoms with E-state index in [0.717, 1.165) is 5.56 Å². The maximum atomic E-state index is 11.2. The molecular formula is C16H14ClN3O3.